The zero-order valence-corrected chi connectivity index (χ0v) is 4.18. The highest BCUT2D eigenvalue weighted by molar-refractivity contribution is 5.38. The van der Waals surface area contributed by atoms with E-state index < -0.39 is 0 Å². The van der Waals surface area contributed by atoms with Crippen molar-refractivity contribution in [2.45, 2.75) is 6.92 Å². The molecule has 1 radical (unpaired) electrons. The van der Waals surface area contributed by atoms with Crippen molar-refractivity contribution in [2.75, 3.05) is 6.61 Å². The molecule has 0 atom stereocenters. The van der Waals surface area contributed by atoms with Crippen molar-refractivity contribution in [3.05, 3.63) is 12.2 Å². The molecule has 0 aromatic rings. The van der Waals surface area contributed by atoms with Gasteiger partial charge in [-0.05, 0) is 6.92 Å². The van der Waals surface area contributed by atoms with Crippen LogP contribution >= 0.6 is 0 Å². The fourth-order valence-electron chi connectivity index (χ4n) is 0.178. The minimum atomic E-state index is 0.333. The van der Waals surface area contributed by atoms with Gasteiger partial charge in [-0.3, -0.25) is 0 Å². The normalized spacial score (nSPS) is 9.29. The first-order chi connectivity index (χ1) is 3.41. The zero-order valence-electron chi connectivity index (χ0n) is 4.18. The van der Waals surface area contributed by atoms with Crippen LogP contribution in [-0.2, 0) is 9.53 Å². The lowest BCUT2D eigenvalue weighted by molar-refractivity contribution is 0.314. The van der Waals surface area contributed by atoms with Crippen LogP contribution in [0.3, 0.4) is 0 Å². The van der Waals surface area contributed by atoms with E-state index in [0.717, 1.165) is 0 Å². The lowest BCUT2D eigenvalue weighted by Gasteiger charge is -1.82. The lowest BCUT2D eigenvalue weighted by Crippen LogP contribution is -1.83. The van der Waals surface area contributed by atoms with Gasteiger partial charge in [0.05, 0.1) is 0 Å². The summed E-state index contributed by atoms with van der Waals surface area (Å²) in [7, 11) is 0. The molecule has 0 unspecified atom stereocenters. The molecule has 0 aliphatic rings. The van der Waals surface area contributed by atoms with E-state index in [-0.39, 0.29) is 0 Å². The van der Waals surface area contributed by atoms with Gasteiger partial charge in [0.15, 0.2) is 0 Å². The second-order valence-corrected chi connectivity index (χ2v) is 0.963. The topological polar surface area (TPSA) is 26.3 Å². The molecule has 39 valence electrons. The summed E-state index contributed by atoms with van der Waals surface area (Å²) in [6, 6.07) is 0. The van der Waals surface area contributed by atoms with E-state index in [1.165, 1.54) is 6.47 Å². The largest absolute Gasteiger partial charge is 0.453 e. The third-order valence-electron chi connectivity index (χ3n) is 0.474. The number of carbonyl (C=O) groups excluding carboxylic acids is 1. The Morgan fingerprint density at radius 3 is 3.00 bits per heavy atom. The van der Waals surface area contributed by atoms with Gasteiger partial charge in [0, 0.05) is 0 Å². The number of allylic oxidation sites excluding steroid dienone is 1. The Kier molecular flexibility index (Phi) is 4.62. The molecule has 0 saturated carbocycles. The smallest absolute Gasteiger partial charge is 0.417 e. The summed E-state index contributed by atoms with van der Waals surface area (Å²) in [5.74, 6) is 0. The molecule has 2 nitrogen and oxygen atoms in total. The zero-order chi connectivity index (χ0) is 5.54. The van der Waals surface area contributed by atoms with Gasteiger partial charge >= 0.3 is 6.47 Å². The molecule has 0 heterocycles. The van der Waals surface area contributed by atoms with Crippen LogP contribution in [0.4, 0.5) is 0 Å². The summed E-state index contributed by atoms with van der Waals surface area (Å²) in [6.07, 6.45) is 3.53. The van der Waals surface area contributed by atoms with E-state index in [4.69, 9.17) is 0 Å². The highest BCUT2D eigenvalue weighted by Gasteiger charge is 1.70. The maximum atomic E-state index is 9.30. The Hall–Kier alpha value is -0.790. The monoisotopic (exact) mass is 99.0 g/mol. The van der Waals surface area contributed by atoms with E-state index >= 15 is 0 Å². The SMILES string of the molecule is C/C=C\CO[C]=O. The van der Waals surface area contributed by atoms with Gasteiger partial charge in [-0.15, -0.1) is 0 Å². The van der Waals surface area contributed by atoms with Crippen LogP contribution in [0.1, 0.15) is 6.92 Å². The Bertz CT molecular complexity index is 66.5. The Balaban J connectivity index is 2.82. The van der Waals surface area contributed by atoms with Crippen LogP contribution < -0.4 is 0 Å². The van der Waals surface area contributed by atoms with E-state index in [0.29, 0.717) is 6.61 Å². The molecule has 0 N–H and O–H groups in total. The van der Waals surface area contributed by atoms with E-state index in [9.17, 15) is 4.79 Å². The predicted octanol–water partition coefficient (Wildman–Crippen LogP) is 0.646. The molecule has 0 saturated heterocycles. The third kappa shape index (κ3) is 5.21. The summed E-state index contributed by atoms with van der Waals surface area (Å²) in [5, 5.41) is 0. The first kappa shape index (κ1) is 6.21. The molecule has 0 aliphatic heterocycles. The molecule has 0 aliphatic carbocycles. The second kappa shape index (κ2) is 5.21. The van der Waals surface area contributed by atoms with Crippen LogP contribution in [-0.4, -0.2) is 13.1 Å². The Morgan fingerprint density at radius 1 is 1.86 bits per heavy atom. The van der Waals surface area contributed by atoms with Crippen LogP contribution in [0.15, 0.2) is 12.2 Å². The molecule has 0 aromatic heterocycles. The van der Waals surface area contributed by atoms with Crippen molar-refractivity contribution in [1.82, 2.24) is 0 Å². The number of hydrogen-bond donors (Lipinski definition) is 0. The minimum Gasteiger partial charge on any atom is -0.453 e. The van der Waals surface area contributed by atoms with Crippen molar-refractivity contribution < 1.29 is 9.53 Å². The quantitative estimate of drug-likeness (QED) is 0.383. The Morgan fingerprint density at radius 2 is 2.57 bits per heavy atom. The van der Waals surface area contributed by atoms with Gasteiger partial charge in [-0.1, -0.05) is 12.2 Å². The van der Waals surface area contributed by atoms with Crippen LogP contribution in [0, 0.1) is 0 Å². The van der Waals surface area contributed by atoms with Crippen molar-refractivity contribution in [3.8, 4) is 0 Å². The molecule has 0 rings (SSSR count). The Labute approximate surface area is 42.8 Å². The van der Waals surface area contributed by atoms with Gasteiger partial charge in [0.1, 0.15) is 6.61 Å². The molecule has 0 spiro atoms. The lowest BCUT2D eigenvalue weighted by atomic mass is 10.6. The minimum absolute atomic E-state index is 0.333. The summed E-state index contributed by atoms with van der Waals surface area (Å²) < 4.78 is 4.18. The highest BCUT2D eigenvalue weighted by Crippen LogP contribution is 1.69. The molecular formula is C5H7O2. The fraction of sp³-hybridized carbons (Fsp3) is 0.400. The third-order valence-corrected chi connectivity index (χ3v) is 0.474. The molecule has 0 fully saturated rings. The number of ether oxygens (including phenoxy) is 1. The number of rotatable bonds is 3. The molecular weight excluding hydrogens is 92.1 g/mol. The van der Waals surface area contributed by atoms with Crippen molar-refractivity contribution >= 4 is 6.47 Å². The standard InChI is InChI=1S/C5H7O2/c1-2-3-4-7-5-6/h2-3H,4H2,1H3/b3-2-. The van der Waals surface area contributed by atoms with Gasteiger partial charge < -0.3 is 4.74 Å². The van der Waals surface area contributed by atoms with Crippen molar-refractivity contribution in [3.63, 3.8) is 0 Å². The second-order valence-electron chi connectivity index (χ2n) is 0.963. The van der Waals surface area contributed by atoms with Gasteiger partial charge in [-0.25, -0.2) is 4.79 Å². The van der Waals surface area contributed by atoms with E-state index in [1.54, 1.807) is 12.2 Å². The summed E-state index contributed by atoms with van der Waals surface area (Å²) in [5.41, 5.74) is 0. The maximum absolute atomic E-state index is 9.30. The fourth-order valence-corrected chi connectivity index (χ4v) is 0.178. The first-order valence-corrected chi connectivity index (χ1v) is 2.02. The maximum Gasteiger partial charge on any atom is 0.417 e. The summed E-state index contributed by atoms with van der Waals surface area (Å²) >= 11 is 0. The van der Waals surface area contributed by atoms with Crippen molar-refractivity contribution in [1.29, 1.82) is 0 Å². The van der Waals surface area contributed by atoms with Gasteiger partial charge in [0.2, 0.25) is 0 Å². The van der Waals surface area contributed by atoms with E-state index in [1.807, 2.05) is 6.92 Å². The first-order valence-electron chi connectivity index (χ1n) is 2.02. The van der Waals surface area contributed by atoms with Gasteiger partial charge in [0.25, 0.3) is 0 Å². The van der Waals surface area contributed by atoms with Crippen molar-refractivity contribution in [2.24, 2.45) is 0 Å². The predicted molar refractivity (Wildman–Crippen MR) is 26.5 cm³/mol. The number of hydrogen-bond acceptors (Lipinski definition) is 2. The summed E-state index contributed by atoms with van der Waals surface area (Å²) in [4.78, 5) is 9.30. The highest BCUT2D eigenvalue weighted by atomic mass is 16.5. The van der Waals surface area contributed by atoms with Crippen LogP contribution in [0.25, 0.3) is 0 Å². The molecule has 0 bridgehead atoms. The van der Waals surface area contributed by atoms with Gasteiger partial charge in [-0.2, -0.15) is 0 Å². The summed E-state index contributed by atoms with van der Waals surface area (Å²) in [6.45, 7) is 3.49. The molecule has 7 heavy (non-hydrogen) atoms. The average Bonchev–Trinajstić information content (AvgIpc) is 1.69. The molecule has 0 aromatic carbocycles. The average molecular weight is 99.1 g/mol. The van der Waals surface area contributed by atoms with Crippen LogP contribution in [0.5, 0.6) is 0 Å². The van der Waals surface area contributed by atoms with E-state index in [2.05, 4.69) is 4.74 Å². The van der Waals surface area contributed by atoms with Crippen LogP contribution in [0.2, 0.25) is 0 Å². The molecule has 0 amide bonds. The molecule has 2 heteroatoms.